The number of fused-ring (bicyclic) bond motifs is 3. The number of rotatable bonds is 1. The van der Waals surface area contributed by atoms with E-state index in [1.807, 2.05) is 0 Å². The van der Waals surface area contributed by atoms with E-state index >= 15 is 0 Å². The molecule has 3 heteroatoms. The van der Waals surface area contributed by atoms with Crippen molar-refractivity contribution in [1.82, 2.24) is 0 Å². The first-order valence-corrected chi connectivity index (χ1v) is 5.92. The van der Waals surface area contributed by atoms with Crippen molar-refractivity contribution in [2.24, 2.45) is 5.92 Å². The van der Waals surface area contributed by atoms with Crippen molar-refractivity contribution in [3.63, 3.8) is 0 Å². The number of allylic oxidation sites excluding steroid dienone is 2. The van der Waals surface area contributed by atoms with E-state index in [1.165, 1.54) is 0 Å². The number of hydrogen-bond acceptors (Lipinski definition) is 2. The van der Waals surface area contributed by atoms with Gasteiger partial charge in [-0.1, -0.05) is 12.2 Å². The molecule has 2 unspecified atom stereocenters. The van der Waals surface area contributed by atoms with Gasteiger partial charge in [-0.3, -0.25) is 0 Å². The highest BCUT2D eigenvalue weighted by molar-refractivity contribution is 5.88. The summed E-state index contributed by atoms with van der Waals surface area (Å²) in [5.74, 6) is 0.779. The van der Waals surface area contributed by atoms with Gasteiger partial charge in [0.2, 0.25) is 0 Å². The van der Waals surface area contributed by atoms with Gasteiger partial charge in [-0.2, -0.15) is 0 Å². The Labute approximate surface area is 99.7 Å². The van der Waals surface area contributed by atoms with Gasteiger partial charge in [0.1, 0.15) is 5.75 Å². The van der Waals surface area contributed by atoms with E-state index in [1.54, 1.807) is 18.2 Å². The number of hydrogen-bond donors (Lipinski definition) is 1. The molecule has 0 aromatic heterocycles. The zero-order chi connectivity index (χ0) is 11.8. The van der Waals surface area contributed by atoms with Crippen LogP contribution in [-0.4, -0.2) is 17.7 Å². The van der Waals surface area contributed by atoms with E-state index in [0.717, 1.165) is 30.8 Å². The summed E-state index contributed by atoms with van der Waals surface area (Å²) in [7, 11) is 0. The number of carbonyl (C=O) groups is 1. The minimum Gasteiger partial charge on any atom is -0.493 e. The van der Waals surface area contributed by atoms with Crippen LogP contribution in [0.1, 0.15) is 34.7 Å². The van der Waals surface area contributed by atoms with Crippen LogP contribution in [-0.2, 0) is 0 Å². The largest absolute Gasteiger partial charge is 0.493 e. The monoisotopic (exact) mass is 230 g/mol. The Morgan fingerprint density at radius 3 is 3.12 bits per heavy atom. The maximum Gasteiger partial charge on any atom is 0.335 e. The lowest BCUT2D eigenvalue weighted by Gasteiger charge is -2.34. The Kier molecular flexibility index (Phi) is 2.39. The van der Waals surface area contributed by atoms with Crippen molar-refractivity contribution < 1.29 is 14.6 Å². The SMILES string of the molecule is O=C(O)c1ccc2c(c1)C1C=CCCC1CO2. The van der Waals surface area contributed by atoms with E-state index in [-0.39, 0.29) is 0 Å². The molecule has 1 heterocycles. The third-order valence-electron chi connectivity index (χ3n) is 3.62. The molecule has 0 fully saturated rings. The molecule has 17 heavy (non-hydrogen) atoms. The second-order valence-electron chi connectivity index (χ2n) is 4.66. The lowest BCUT2D eigenvalue weighted by atomic mass is 9.78. The molecule has 1 aliphatic heterocycles. The van der Waals surface area contributed by atoms with E-state index in [4.69, 9.17) is 9.84 Å². The molecular formula is C14H14O3. The van der Waals surface area contributed by atoms with Gasteiger partial charge >= 0.3 is 5.97 Å². The summed E-state index contributed by atoms with van der Waals surface area (Å²) < 4.78 is 5.70. The van der Waals surface area contributed by atoms with E-state index < -0.39 is 5.97 Å². The topological polar surface area (TPSA) is 46.5 Å². The zero-order valence-corrected chi connectivity index (χ0v) is 9.43. The van der Waals surface area contributed by atoms with Crippen LogP contribution in [0.15, 0.2) is 30.4 Å². The van der Waals surface area contributed by atoms with Gasteiger partial charge in [-0.05, 0) is 31.0 Å². The molecule has 0 radical (unpaired) electrons. The molecule has 1 N–H and O–H groups in total. The Balaban J connectivity index is 2.07. The predicted molar refractivity (Wildman–Crippen MR) is 63.5 cm³/mol. The summed E-state index contributed by atoms with van der Waals surface area (Å²) >= 11 is 0. The fraction of sp³-hybridized carbons (Fsp3) is 0.357. The second kappa shape index (κ2) is 3.91. The van der Waals surface area contributed by atoms with Crippen LogP contribution < -0.4 is 4.74 Å². The molecule has 88 valence electrons. The quantitative estimate of drug-likeness (QED) is 0.754. The molecule has 0 amide bonds. The van der Waals surface area contributed by atoms with Crippen molar-refractivity contribution in [1.29, 1.82) is 0 Å². The van der Waals surface area contributed by atoms with Crippen molar-refractivity contribution in [2.75, 3.05) is 6.61 Å². The predicted octanol–water partition coefficient (Wildman–Crippen LogP) is 2.83. The molecule has 0 bridgehead atoms. The Bertz CT molecular complexity index is 490. The Hall–Kier alpha value is -1.77. The summed E-state index contributed by atoms with van der Waals surface area (Å²) in [5, 5.41) is 9.02. The molecule has 1 aromatic carbocycles. The van der Waals surface area contributed by atoms with Crippen LogP contribution in [0.4, 0.5) is 0 Å². The average molecular weight is 230 g/mol. The lowest BCUT2D eigenvalue weighted by Crippen LogP contribution is -2.26. The lowest BCUT2D eigenvalue weighted by molar-refractivity contribution is 0.0696. The molecule has 0 saturated carbocycles. The highest BCUT2D eigenvalue weighted by atomic mass is 16.5. The summed E-state index contributed by atoms with van der Waals surface area (Å²) in [5.41, 5.74) is 1.36. The molecule has 2 aliphatic rings. The Morgan fingerprint density at radius 2 is 2.29 bits per heavy atom. The molecule has 2 atom stereocenters. The van der Waals surface area contributed by atoms with Gasteiger partial charge < -0.3 is 9.84 Å². The first kappa shape index (κ1) is 10.4. The van der Waals surface area contributed by atoms with Crippen LogP contribution in [0.5, 0.6) is 5.75 Å². The summed E-state index contributed by atoms with van der Waals surface area (Å²) in [4.78, 5) is 11.0. The Morgan fingerprint density at radius 1 is 1.41 bits per heavy atom. The number of carboxylic acid groups (broad SMARTS) is 1. The maximum atomic E-state index is 11.0. The van der Waals surface area contributed by atoms with E-state index in [0.29, 0.717) is 17.4 Å². The van der Waals surface area contributed by atoms with Gasteiger partial charge in [-0.25, -0.2) is 4.79 Å². The standard InChI is InChI=1S/C14H14O3/c15-14(16)9-5-6-13-12(7-9)11-4-2-1-3-10(11)8-17-13/h2,4-7,10-11H,1,3,8H2,(H,15,16). The summed E-state index contributed by atoms with van der Waals surface area (Å²) in [6.45, 7) is 0.744. The molecule has 1 aromatic rings. The average Bonchev–Trinajstić information content (AvgIpc) is 2.38. The minimum absolute atomic E-state index is 0.326. The van der Waals surface area contributed by atoms with E-state index in [2.05, 4.69) is 12.2 Å². The number of benzene rings is 1. The van der Waals surface area contributed by atoms with Gasteiger partial charge in [0.05, 0.1) is 12.2 Å². The smallest absolute Gasteiger partial charge is 0.335 e. The van der Waals surface area contributed by atoms with Gasteiger partial charge in [-0.15, -0.1) is 0 Å². The highest BCUT2D eigenvalue weighted by Crippen LogP contribution is 2.42. The molecule has 3 nitrogen and oxygen atoms in total. The normalized spacial score (nSPS) is 25.6. The first-order valence-electron chi connectivity index (χ1n) is 5.92. The van der Waals surface area contributed by atoms with Gasteiger partial charge in [0.15, 0.2) is 0 Å². The van der Waals surface area contributed by atoms with Crippen molar-refractivity contribution >= 4 is 5.97 Å². The fourth-order valence-corrected chi connectivity index (χ4v) is 2.70. The minimum atomic E-state index is -0.880. The summed E-state index contributed by atoms with van der Waals surface area (Å²) in [6.07, 6.45) is 6.60. The maximum absolute atomic E-state index is 11.0. The van der Waals surface area contributed by atoms with Crippen LogP contribution >= 0.6 is 0 Å². The number of ether oxygens (including phenoxy) is 1. The zero-order valence-electron chi connectivity index (χ0n) is 9.43. The molecule has 1 aliphatic carbocycles. The molecule has 3 rings (SSSR count). The van der Waals surface area contributed by atoms with Crippen LogP contribution in [0.25, 0.3) is 0 Å². The van der Waals surface area contributed by atoms with Gasteiger partial charge in [0, 0.05) is 17.4 Å². The number of carboxylic acids is 1. The second-order valence-corrected chi connectivity index (χ2v) is 4.66. The first-order chi connectivity index (χ1) is 8.25. The number of aromatic carboxylic acids is 1. The third kappa shape index (κ3) is 1.71. The highest BCUT2D eigenvalue weighted by Gasteiger charge is 2.30. The van der Waals surface area contributed by atoms with Crippen molar-refractivity contribution in [3.8, 4) is 5.75 Å². The fourth-order valence-electron chi connectivity index (χ4n) is 2.70. The van der Waals surface area contributed by atoms with Gasteiger partial charge in [0.25, 0.3) is 0 Å². The van der Waals surface area contributed by atoms with Crippen LogP contribution in [0.3, 0.4) is 0 Å². The molecule has 0 spiro atoms. The van der Waals surface area contributed by atoms with Crippen LogP contribution in [0, 0.1) is 5.92 Å². The van der Waals surface area contributed by atoms with Crippen LogP contribution in [0.2, 0.25) is 0 Å². The molecule has 0 saturated heterocycles. The van der Waals surface area contributed by atoms with Crippen molar-refractivity contribution in [3.05, 3.63) is 41.5 Å². The third-order valence-corrected chi connectivity index (χ3v) is 3.62. The molecular weight excluding hydrogens is 216 g/mol. The van der Waals surface area contributed by atoms with Crippen molar-refractivity contribution in [2.45, 2.75) is 18.8 Å². The summed E-state index contributed by atoms with van der Waals surface area (Å²) in [6, 6.07) is 5.13. The van der Waals surface area contributed by atoms with E-state index in [9.17, 15) is 4.79 Å².